The predicted molar refractivity (Wildman–Crippen MR) is 84.6 cm³/mol. The van der Waals surface area contributed by atoms with Crippen LogP contribution in [0.25, 0.3) is 5.69 Å². The molecular weight excluding hydrogens is 260 g/mol. The van der Waals surface area contributed by atoms with Crippen molar-refractivity contribution in [2.24, 2.45) is 0 Å². The second-order valence-corrected chi connectivity index (χ2v) is 5.16. The molecule has 0 radical (unpaired) electrons. The van der Waals surface area contributed by atoms with Crippen molar-refractivity contribution in [3.8, 4) is 5.69 Å². The van der Waals surface area contributed by atoms with Gasteiger partial charge in [-0.3, -0.25) is 0 Å². The van der Waals surface area contributed by atoms with E-state index in [-0.39, 0.29) is 6.04 Å². The third-order valence-corrected chi connectivity index (χ3v) is 3.38. The van der Waals surface area contributed by atoms with E-state index in [4.69, 9.17) is 0 Å². The minimum atomic E-state index is 0.101. The first-order valence-corrected chi connectivity index (χ1v) is 7.03. The van der Waals surface area contributed by atoms with Gasteiger partial charge < -0.3 is 5.32 Å². The minimum absolute atomic E-state index is 0.101. The quantitative estimate of drug-likeness (QED) is 0.790. The second kappa shape index (κ2) is 5.79. The fraction of sp³-hybridized carbons (Fsp3) is 0.176. The Bertz CT molecular complexity index is 718. The highest BCUT2D eigenvalue weighted by Gasteiger charge is 2.10. The van der Waals surface area contributed by atoms with E-state index in [2.05, 4.69) is 47.7 Å². The Labute approximate surface area is 124 Å². The standard InChI is InChI=1S/C17H18N4/c1-13-7-6-8-15(11-13)18-14(2)17-12-21(20-19-17)16-9-4-3-5-10-16/h3-12,14,18H,1-2H3/t14-/m0/s1. The number of nitrogens with one attached hydrogen (secondary N) is 1. The summed E-state index contributed by atoms with van der Waals surface area (Å²) in [4.78, 5) is 0. The summed E-state index contributed by atoms with van der Waals surface area (Å²) in [6.07, 6.45) is 1.96. The second-order valence-electron chi connectivity index (χ2n) is 5.16. The van der Waals surface area contributed by atoms with Crippen molar-refractivity contribution in [2.45, 2.75) is 19.9 Å². The molecule has 106 valence electrons. The summed E-state index contributed by atoms with van der Waals surface area (Å²) in [5, 5.41) is 11.9. The van der Waals surface area contributed by atoms with Gasteiger partial charge in [-0.25, -0.2) is 4.68 Å². The average Bonchev–Trinajstić information content (AvgIpc) is 2.98. The Hall–Kier alpha value is -2.62. The molecule has 2 aromatic carbocycles. The maximum absolute atomic E-state index is 4.26. The first kappa shape index (κ1) is 13.4. The third kappa shape index (κ3) is 3.11. The van der Waals surface area contributed by atoms with Gasteiger partial charge in [0.1, 0.15) is 5.69 Å². The lowest BCUT2D eigenvalue weighted by atomic mass is 10.2. The molecule has 4 heteroatoms. The lowest BCUT2D eigenvalue weighted by Crippen LogP contribution is -2.07. The predicted octanol–water partition coefficient (Wildman–Crippen LogP) is 3.75. The first-order chi connectivity index (χ1) is 10.2. The number of hydrogen-bond donors (Lipinski definition) is 1. The Morgan fingerprint density at radius 3 is 2.62 bits per heavy atom. The molecule has 0 amide bonds. The van der Waals surface area contributed by atoms with E-state index in [0.717, 1.165) is 17.1 Å². The molecule has 0 spiro atoms. The number of aryl methyl sites for hydroxylation is 1. The highest BCUT2D eigenvalue weighted by Crippen LogP contribution is 2.19. The van der Waals surface area contributed by atoms with Crippen LogP contribution in [0.2, 0.25) is 0 Å². The van der Waals surface area contributed by atoms with Gasteiger partial charge in [0.2, 0.25) is 0 Å². The lowest BCUT2D eigenvalue weighted by molar-refractivity contribution is 0.781. The SMILES string of the molecule is Cc1cccc(N[C@@H](C)c2cn(-c3ccccc3)nn2)c1. The molecule has 0 unspecified atom stereocenters. The van der Waals surface area contributed by atoms with Crippen LogP contribution in [-0.2, 0) is 0 Å². The van der Waals surface area contributed by atoms with Gasteiger partial charge in [0, 0.05) is 5.69 Å². The molecule has 4 nitrogen and oxygen atoms in total. The number of para-hydroxylation sites is 1. The monoisotopic (exact) mass is 278 g/mol. The van der Waals surface area contributed by atoms with E-state index in [9.17, 15) is 0 Å². The zero-order valence-electron chi connectivity index (χ0n) is 12.2. The van der Waals surface area contributed by atoms with Crippen LogP contribution in [0, 0.1) is 6.92 Å². The molecule has 0 bridgehead atoms. The van der Waals surface area contributed by atoms with Crippen LogP contribution in [0.1, 0.15) is 24.2 Å². The summed E-state index contributed by atoms with van der Waals surface area (Å²) >= 11 is 0. The average molecular weight is 278 g/mol. The molecule has 3 aromatic rings. The van der Waals surface area contributed by atoms with E-state index >= 15 is 0 Å². The van der Waals surface area contributed by atoms with Crippen molar-refractivity contribution >= 4 is 5.69 Å². The first-order valence-electron chi connectivity index (χ1n) is 7.03. The summed E-state index contributed by atoms with van der Waals surface area (Å²) in [6, 6.07) is 18.4. The van der Waals surface area contributed by atoms with Crippen LogP contribution in [0.3, 0.4) is 0 Å². The maximum Gasteiger partial charge on any atom is 0.105 e. The fourth-order valence-corrected chi connectivity index (χ4v) is 2.24. The molecule has 3 rings (SSSR count). The zero-order chi connectivity index (χ0) is 14.7. The van der Waals surface area contributed by atoms with Crippen LogP contribution in [0.15, 0.2) is 60.8 Å². The number of benzene rings is 2. The Balaban J connectivity index is 1.77. The largest absolute Gasteiger partial charge is 0.377 e. The van der Waals surface area contributed by atoms with Crippen molar-refractivity contribution in [3.05, 3.63) is 72.1 Å². The summed E-state index contributed by atoms with van der Waals surface area (Å²) in [7, 11) is 0. The molecule has 0 aliphatic carbocycles. The molecule has 0 aliphatic heterocycles. The van der Waals surface area contributed by atoms with Gasteiger partial charge in [-0.05, 0) is 43.7 Å². The molecule has 1 atom stereocenters. The van der Waals surface area contributed by atoms with Gasteiger partial charge in [-0.1, -0.05) is 35.5 Å². The van der Waals surface area contributed by atoms with Crippen LogP contribution in [0.4, 0.5) is 5.69 Å². The highest BCUT2D eigenvalue weighted by molar-refractivity contribution is 5.46. The van der Waals surface area contributed by atoms with Crippen molar-refractivity contribution in [3.63, 3.8) is 0 Å². The van der Waals surface area contributed by atoms with Gasteiger partial charge in [0.05, 0.1) is 17.9 Å². The van der Waals surface area contributed by atoms with Gasteiger partial charge in [0.25, 0.3) is 0 Å². The van der Waals surface area contributed by atoms with Crippen molar-refractivity contribution in [1.29, 1.82) is 0 Å². The number of nitrogens with zero attached hydrogens (tertiary/aromatic N) is 3. The summed E-state index contributed by atoms with van der Waals surface area (Å²) < 4.78 is 1.80. The fourth-order valence-electron chi connectivity index (χ4n) is 2.24. The number of anilines is 1. The van der Waals surface area contributed by atoms with Crippen LogP contribution >= 0.6 is 0 Å². The normalized spacial score (nSPS) is 12.1. The highest BCUT2D eigenvalue weighted by atomic mass is 15.4. The maximum atomic E-state index is 4.26. The van der Waals surface area contributed by atoms with Gasteiger partial charge in [-0.15, -0.1) is 5.10 Å². The van der Waals surface area contributed by atoms with Crippen molar-refractivity contribution in [1.82, 2.24) is 15.0 Å². The van der Waals surface area contributed by atoms with E-state index in [1.54, 1.807) is 4.68 Å². The smallest absolute Gasteiger partial charge is 0.105 e. The third-order valence-electron chi connectivity index (χ3n) is 3.38. The van der Waals surface area contributed by atoms with Crippen LogP contribution in [0.5, 0.6) is 0 Å². The topological polar surface area (TPSA) is 42.7 Å². The van der Waals surface area contributed by atoms with E-state index in [1.165, 1.54) is 5.56 Å². The molecule has 0 saturated heterocycles. The molecular formula is C17H18N4. The Kier molecular flexibility index (Phi) is 3.69. The lowest BCUT2D eigenvalue weighted by Gasteiger charge is -2.12. The van der Waals surface area contributed by atoms with Crippen LogP contribution < -0.4 is 5.32 Å². The van der Waals surface area contributed by atoms with Crippen molar-refractivity contribution < 1.29 is 0 Å². The minimum Gasteiger partial charge on any atom is -0.377 e. The summed E-state index contributed by atoms with van der Waals surface area (Å²) in [6.45, 7) is 4.17. The molecule has 1 aromatic heterocycles. The summed E-state index contributed by atoms with van der Waals surface area (Å²) in [5.74, 6) is 0. The number of aromatic nitrogens is 3. The van der Waals surface area contributed by atoms with Gasteiger partial charge in [0.15, 0.2) is 0 Å². The Morgan fingerprint density at radius 2 is 1.86 bits per heavy atom. The molecule has 1 heterocycles. The number of hydrogen-bond acceptors (Lipinski definition) is 3. The van der Waals surface area contributed by atoms with E-state index in [1.807, 2.05) is 42.6 Å². The van der Waals surface area contributed by atoms with E-state index in [0.29, 0.717) is 0 Å². The van der Waals surface area contributed by atoms with E-state index < -0.39 is 0 Å². The molecule has 1 N–H and O–H groups in total. The molecule has 0 fully saturated rings. The van der Waals surface area contributed by atoms with Crippen LogP contribution in [-0.4, -0.2) is 15.0 Å². The van der Waals surface area contributed by atoms with Crippen molar-refractivity contribution in [2.75, 3.05) is 5.32 Å². The number of rotatable bonds is 4. The Morgan fingerprint density at radius 1 is 1.05 bits per heavy atom. The molecule has 21 heavy (non-hydrogen) atoms. The molecule has 0 saturated carbocycles. The zero-order valence-corrected chi connectivity index (χ0v) is 12.2. The molecule has 0 aliphatic rings. The summed E-state index contributed by atoms with van der Waals surface area (Å²) in [5.41, 5.74) is 4.26. The van der Waals surface area contributed by atoms with Gasteiger partial charge >= 0.3 is 0 Å². The van der Waals surface area contributed by atoms with Gasteiger partial charge in [-0.2, -0.15) is 0 Å².